The topological polar surface area (TPSA) is 97.6 Å². The highest BCUT2D eigenvalue weighted by Crippen LogP contribution is 2.13. The maximum atomic E-state index is 13.0. The fourth-order valence-corrected chi connectivity index (χ4v) is 3.28. The van der Waals surface area contributed by atoms with Crippen molar-refractivity contribution < 1.29 is 9.18 Å². The third-order valence-electron chi connectivity index (χ3n) is 4.71. The molecule has 4 rings (SSSR count). The van der Waals surface area contributed by atoms with Gasteiger partial charge in [0.25, 0.3) is 5.91 Å². The summed E-state index contributed by atoms with van der Waals surface area (Å²) in [6, 6.07) is 5.98. The highest BCUT2D eigenvalue weighted by molar-refractivity contribution is 5.90. The van der Waals surface area contributed by atoms with Crippen LogP contribution in [-0.4, -0.2) is 36.3 Å². The number of H-pyrrole nitrogens is 1. The van der Waals surface area contributed by atoms with Crippen molar-refractivity contribution in [3.05, 3.63) is 70.2 Å². The van der Waals surface area contributed by atoms with E-state index in [-0.39, 0.29) is 29.3 Å². The number of nitrogens with one attached hydrogen (secondary N) is 2. The van der Waals surface area contributed by atoms with Crippen LogP contribution >= 0.6 is 0 Å². The first-order valence-corrected chi connectivity index (χ1v) is 8.81. The van der Waals surface area contributed by atoms with Gasteiger partial charge in [-0.15, -0.1) is 0 Å². The average Bonchev–Trinajstić information content (AvgIpc) is 3.24. The summed E-state index contributed by atoms with van der Waals surface area (Å²) in [5.74, 6) is 0.420. The van der Waals surface area contributed by atoms with Crippen molar-refractivity contribution in [3.63, 3.8) is 0 Å². The van der Waals surface area contributed by atoms with Crippen molar-refractivity contribution in [3.8, 4) is 0 Å². The number of amides is 1. The Morgan fingerprint density at radius 2 is 2.11 bits per heavy atom. The molecule has 1 unspecified atom stereocenters. The number of hydrogen-bond donors (Lipinski definition) is 2. The SMILES string of the molecule is O=C(NC1CCc2nn(Cc3ccc(F)cc3)c(=O)n2CC1)c1ncc[nH]1. The van der Waals surface area contributed by atoms with Crippen LogP contribution in [0.3, 0.4) is 0 Å². The van der Waals surface area contributed by atoms with Crippen molar-refractivity contribution >= 4 is 5.91 Å². The number of benzene rings is 1. The molecular weight excluding hydrogens is 351 g/mol. The lowest BCUT2D eigenvalue weighted by molar-refractivity contribution is 0.0923. The average molecular weight is 370 g/mol. The Balaban J connectivity index is 1.44. The molecule has 1 aliphatic heterocycles. The van der Waals surface area contributed by atoms with Gasteiger partial charge in [0.2, 0.25) is 0 Å². The Labute approximate surface area is 154 Å². The normalized spacial score (nSPS) is 16.6. The Hall–Kier alpha value is -3.23. The number of rotatable bonds is 4. The van der Waals surface area contributed by atoms with E-state index in [9.17, 15) is 14.0 Å². The van der Waals surface area contributed by atoms with Crippen LogP contribution in [0.25, 0.3) is 0 Å². The molecule has 0 spiro atoms. The zero-order valence-electron chi connectivity index (χ0n) is 14.6. The van der Waals surface area contributed by atoms with Crippen LogP contribution in [0.15, 0.2) is 41.5 Å². The Morgan fingerprint density at radius 3 is 2.85 bits per heavy atom. The predicted molar refractivity (Wildman–Crippen MR) is 94.8 cm³/mol. The van der Waals surface area contributed by atoms with Crippen LogP contribution in [0.4, 0.5) is 4.39 Å². The fraction of sp³-hybridized carbons (Fsp3) is 0.333. The second-order valence-corrected chi connectivity index (χ2v) is 6.57. The maximum absolute atomic E-state index is 13.0. The second kappa shape index (κ2) is 7.18. The first kappa shape index (κ1) is 17.2. The standard InChI is InChI=1S/C18H19FN6O2/c19-13-3-1-12(2-4-13)11-25-18(27)24-10-7-14(5-6-15(24)23-25)22-17(26)16-20-8-9-21-16/h1-4,8-9,14H,5-7,10-11H2,(H,20,21)(H,22,26). The maximum Gasteiger partial charge on any atom is 0.346 e. The van der Waals surface area contributed by atoms with Crippen molar-refractivity contribution in [2.45, 2.75) is 38.4 Å². The van der Waals surface area contributed by atoms with Crippen LogP contribution < -0.4 is 11.0 Å². The summed E-state index contributed by atoms with van der Waals surface area (Å²) >= 11 is 0. The first-order chi connectivity index (χ1) is 13.1. The molecule has 1 amide bonds. The number of hydrogen-bond acceptors (Lipinski definition) is 4. The summed E-state index contributed by atoms with van der Waals surface area (Å²) in [4.78, 5) is 31.5. The molecule has 27 heavy (non-hydrogen) atoms. The third kappa shape index (κ3) is 3.67. The molecule has 1 aromatic carbocycles. The number of imidazole rings is 1. The highest BCUT2D eigenvalue weighted by atomic mass is 19.1. The molecule has 0 aliphatic carbocycles. The van der Waals surface area contributed by atoms with E-state index >= 15 is 0 Å². The number of aromatic amines is 1. The molecule has 0 bridgehead atoms. The second-order valence-electron chi connectivity index (χ2n) is 6.57. The number of carbonyl (C=O) groups is 1. The quantitative estimate of drug-likeness (QED) is 0.718. The van der Waals surface area contributed by atoms with Gasteiger partial charge in [0, 0.05) is 31.4 Å². The molecule has 1 atom stereocenters. The highest BCUT2D eigenvalue weighted by Gasteiger charge is 2.23. The summed E-state index contributed by atoms with van der Waals surface area (Å²) in [5.41, 5.74) is 0.627. The van der Waals surface area contributed by atoms with Gasteiger partial charge >= 0.3 is 5.69 Å². The lowest BCUT2D eigenvalue weighted by Gasteiger charge is -2.14. The molecule has 0 saturated heterocycles. The van der Waals surface area contributed by atoms with Gasteiger partial charge < -0.3 is 10.3 Å². The van der Waals surface area contributed by atoms with Crippen LogP contribution in [0.2, 0.25) is 0 Å². The van der Waals surface area contributed by atoms with E-state index in [0.29, 0.717) is 38.2 Å². The van der Waals surface area contributed by atoms with E-state index in [0.717, 1.165) is 5.56 Å². The number of nitrogens with zero attached hydrogens (tertiary/aromatic N) is 4. The Morgan fingerprint density at radius 1 is 1.30 bits per heavy atom. The molecule has 2 aromatic heterocycles. The summed E-state index contributed by atoms with van der Waals surface area (Å²) in [6.45, 7) is 0.790. The zero-order chi connectivity index (χ0) is 18.8. The van der Waals surface area contributed by atoms with Crippen LogP contribution in [0.1, 0.15) is 34.8 Å². The minimum absolute atomic E-state index is 0.0470. The largest absolute Gasteiger partial charge is 0.347 e. The zero-order valence-corrected chi connectivity index (χ0v) is 14.6. The van der Waals surface area contributed by atoms with E-state index in [4.69, 9.17) is 0 Å². The number of aromatic nitrogens is 5. The smallest absolute Gasteiger partial charge is 0.346 e. The molecule has 2 N–H and O–H groups in total. The van der Waals surface area contributed by atoms with Crippen LogP contribution in [-0.2, 0) is 19.5 Å². The number of carbonyl (C=O) groups excluding carboxylic acids is 1. The van der Waals surface area contributed by atoms with E-state index in [1.54, 1.807) is 22.9 Å². The van der Waals surface area contributed by atoms with Gasteiger partial charge in [-0.05, 0) is 30.5 Å². The van der Waals surface area contributed by atoms with E-state index in [2.05, 4.69) is 20.4 Å². The first-order valence-electron chi connectivity index (χ1n) is 8.81. The van der Waals surface area contributed by atoms with Gasteiger partial charge in [0.05, 0.1) is 6.54 Å². The van der Waals surface area contributed by atoms with Gasteiger partial charge in [0.1, 0.15) is 11.6 Å². The summed E-state index contributed by atoms with van der Waals surface area (Å²) in [6.07, 6.45) is 5.05. The summed E-state index contributed by atoms with van der Waals surface area (Å²) in [5, 5.41) is 7.38. The predicted octanol–water partition coefficient (Wildman–Crippen LogP) is 1.09. The van der Waals surface area contributed by atoms with E-state index in [1.807, 2.05) is 0 Å². The Kier molecular flexibility index (Phi) is 4.57. The lowest BCUT2D eigenvalue weighted by Crippen LogP contribution is -2.36. The minimum Gasteiger partial charge on any atom is -0.347 e. The number of aryl methyl sites for hydroxylation is 1. The molecule has 3 aromatic rings. The molecule has 0 radical (unpaired) electrons. The molecule has 0 fully saturated rings. The van der Waals surface area contributed by atoms with Gasteiger partial charge in [-0.25, -0.2) is 18.9 Å². The van der Waals surface area contributed by atoms with E-state index in [1.165, 1.54) is 23.0 Å². The molecule has 3 heterocycles. The lowest BCUT2D eigenvalue weighted by atomic mass is 10.1. The molecule has 0 saturated carbocycles. The number of fused-ring (bicyclic) bond motifs is 1. The molecule has 1 aliphatic rings. The van der Waals surface area contributed by atoms with Crippen molar-refractivity contribution in [2.75, 3.05) is 0 Å². The summed E-state index contributed by atoms with van der Waals surface area (Å²) in [7, 11) is 0. The van der Waals surface area contributed by atoms with Gasteiger partial charge in [-0.2, -0.15) is 5.10 Å². The Bertz CT molecular complexity index is 990. The van der Waals surface area contributed by atoms with Crippen molar-refractivity contribution in [2.24, 2.45) is 0 Å². The number of halogens is 1. The van der Waals surface area contributed by atoms with Gasteiger partial charge in [-0.3, -0.25) is 9.36 Å². The molecular formula is C18H19FN6O2. The fourth-order valence-electron chi connectivity index (χ4n) is 3.28. The van der Waals surface area contributed by atoms with E-state index < -0.39 is 0 Å². The monoisotopic (exact) mass is 370 g/mol. The van der Waals surface area contributed by atoms with Crippen LogP contribution in [0, 0.1) is 5.82 Å². The van der Waals surface area contributed by atoms with Gasteiger partial charge in [0.15, 0.2) is 5.82 Å². The third-order valence-corrected chi connectivity index (χ3v) is 4.71. The van der Waals surface area contributed by atoms with Crippen LogP contribution in [0.5, 0.6) is 0 Å². The summed E-state index contributed by atoms with van der Waals surface area (Å²) < 4.78 is 16.1. The molecule has 9 heteroatoms. The minimum atomic E-state index is -0.311. The van der Waals surface area contributed by atoms with Crippen molar-refractivity contribution in [1.29, 1.82) is 0 Å². The molecule has 140 valence electrons. The van der Waals surface area contributed by atoms with Gasteiger partial charge in [-0.1, -0.05) is 12.1 Å². The van der Waals surface area contributed by atoms with Crippen molar-refractivity contribution in [1.82, 2.24) is 29.6 Å². The molecule has 8 nitrogen and oxygen atoms in total.